The van der Waals surface area contributed by atoms with Crippen LogP contribution in [0.5, 0.6) is 0 Å². The molecule has 2 nitrogen and oxygen atoms in total. The standard InChI is InChI=1S/C20H13F6NOS/c21-19(22,23)14-6-4-12(5-7-14)11-27-18(28)17-9-8-16(29-17)13-2-1-3-15(10-13)20(24,25)26/h1-10H,11H2,(H,27,28). The van der Waals surface area contributed by atoms with Crippen LogP contribution in [-0.4, -0.2) is 5.91 Å². The second kappa shape index (κ2) is 7.90. The Balaban J connectivity index is 1.67. The van der Waals surface area contributed by atoms with Gasteiger partial charge in [0.2, 0.25) is 0 Å². The number of rotatable bonds is 4. The maximum Gasteiger partial charge on any atom is 0.416 e. The van der Waals surface area contributed by atoms with Crippen molar-refractivity contribution >= 4 is 17.2 Å². The number of carbonyl (C=O) groups is 1. The van der Waals surface area contributed by atoms with Gasteiger partial charge in [-0.1, -0.05) is 24.3 Å². The summed E-state index contributed by atoms with van der Waals surface area (Å²) in [7, 11) is 0. The molecule has 0 saturated heterocycles. The third kappa shape index (κ3) is 5.17. The zero-order chi connectivity index (χ0) is 21.2. The van der Waals surface area contributed by atoms with E-state index in [1.165, 1.54) is 30.3 Å². The van der Waals surface area contributed by atoms with Gasteiger partial charge in [-0.3, -0.25) is 4.79 Å². The summed E-state index contributed by atoms with van der Waals surface area (Å²) in [5.41, 5.74) is -0.735. The summed E-state index contributed by atoms with van der Waals surface area (Å²) in [5.74, 6) is -0.465. The highest BCUT2D eigenvalue weighted by Gasteiger charge is 2.31. The van der Waals surface area contributed by atoms with Crippen LogP contribution < -0.4 is 5.32 Å². The third-order valence-electron chi connectivity index (χ3n) is 4.04. The van der Waals surface area contributed by atoms with Gasteiger partial charge < -0.3 is 5.32 Å². The Morgan fingerprint density at radius 1 is 0.828 bits per heavy atom. The van der Waals surface area contributed by atoms with Crippen LogP contribution in [0.3, 0.4) is 0 Å². The van der Waals surface area contributed by atoms with Crippen molar-refractivity contribution in [2.75, 3.05) is 0 Å². The van der Waals surface area contributed by atoms with Gasteiger partial charge in [0.1, 0.15) is 0 Å². The Labute approximate surface area is 165 Å². The molecule has 0 aliphatic heterocycles. The van der Waals surface area contributed by atoms with Crippen LogP contribution in [-0.2, 0) is 18.9 Å². The van der Waals surface area contributed by atoms with Gasteiger partial charge in [-0.25, -0.2) is 0 Å². The van der Waals surface area contributed by atoms with E-state index < -0.39 is 29.4 Å². The summed E-state index contributed by atoms with van der Waals surface area (Å²) in [6.07, 6.45) is -8.90. The number of thiophene rings is 1. The first-order valence-corrected chi connectivity index (χ1v) is 9.07. The number of alkyl halides is 6. The molecular formula is C20H13F6NOS. The molecule has 0 spiro atoms. The Bertz CT molecular complexity index is 1000. The number of carbonyl (C=O) groups excluding carboxylic acids is 1. The van der Waals surface area contributed by atoms with Crippen molar-refractivity contribution in [3.05, 3.63) is 82.2 Å². The van der Waals surface area contributed by atoms with Gasteiger partial charge in [0.25, 0.3) is 5.91 Å². The van der Waals surface area contributed by atoms with E-state index in [4.69, 9.17) is 0 Å². The molecule has 0 saturated carbocycles. The lowest BCUT2D eigenvalue weighted by Gasteiger charge is -2.08. The molecule has 0 bridgehead atoms. The molecule has 3 aromatic rings. The van der Waals surface area contributed by atoms with Gasteiger partial charge in [0.05, 0.1) is 16.0 Å². The van der Waals surface area contributed by atoms with E-state index in [1.54, 1.807) is 6.07 Å². The topological polar surface area (TPSA) is 29.1 Å². The molecule has 0 unspecified atom stereocenters. The predicted octanol–water partition coefficient (Wildman–Crippen LogP) is 6.38. The van der Waals surface area contributed by atoms with E-state index in [-0.39, 0.29) is 11.4 Å². The summed E-state index contributed by atoms with van der Waals surface area (Å²) in [4.78, 5) is 13.0. The van der Waals surface area contributed by atoms with E-state index in [1.807, 2.05) is 0 Å². The summed E-state index contributed by atoms with van der Waals surface area (Å²) < 4.78 is 76.2. The molecule has 1 N–H and O–H groups in total. The van der Waals surface area contributed by atoms with E-state index in [0.717, 1.165) is 35.6 Å². The number of nitrogens with one attached hydrogen (secondary N) is 1. The van der Waals surface area contributed by atoms with Crippen LogP contribution in [0.2, 0.25) is 0 Å². The second-order valence-corrected chi connectivity index (χ2v) is 7.20. The SMILES string of the molecule is O=C(NCc1ccc(C(F)(F)F)cc1)c1ccc(-c2cccc(C(F)(F)F)c2)s1. The van der Waals surface area contributed by atoms with Gasteiger partial charge in [0.15, 0.2) is 0 Å². The van der Waals surface area contributed by atoms with Crippen LogP contribution in [0.25, 0.3) is 10.4 Å². The fourth-order valence-electron chi connectivity index (χ4n) is 2.54. The zero-order valence-corrected chi connectivity index (χ0v) is 15.4. The van der Waals surface area contributed by atoms with Crippen molar-refractivity contribution in [3.63, 3.8) is 0 Å². The van der Waals surface area contributed by atoms with E-state index >= 15 is 0 Å². The van der Waals surface area contributed by atoms with Crippen LogP contribution in [0.4, 0.5) is 26.3 Å². The largest absolute Gasteiger partial charge is 0.416 e. The van der Waals surface area contributed by atoms with Crippen molar-refractivity contribution in [3.8, 4) is 10.4 Å². The first-order chi connectivity index (χ1) is 13.5. The maximum absolute atomic E-state index is 12.8. The van der Waals surface area contributed by atoms with Crippen molar-refractivity contribution in [1.29, 1.82) is 0 Å². The van der Waals surface area contributed by atoms with E-state index in [2.05, 4.69) is 5.32 Å². The molecule has 0 aliphatic carbocycles. The molecule has 0 aliphatic rings. The van der Waals surface area contributed by atoms with Crippen molar-refractivity contribution in [2.24, 2.45) is 0 Å². The smallest absolute Gasteiger partial charge is 0.347 e. The van der Waals surface area contributed by atoms with Crippen molar-refractivity contribution in [1.82, 2.24) is 5.32 Å². The lowest BCUT2D eigenvalue weighted by molar-refractivity contribution is -0.138. The Morgan fingerprint density at radius 2 is 1.48 bits per heavy atom. The first-order valence-electron chi connectivity index (χ1n) is 8.26. The summed E-state index contributed by atoms with van der Waals surface area (Å²) >= 11 is 1.03. The first kappa shape index (κ1) is 20.9. The monoisotopic (exact) mass is 429 g/mol. The summed E-state index contributed by atoms with van der Waals surface area (Å²) in [5, 5.41) is 2.58. The van der Waals surface area contributed by atoms with Gasteiger partial charge in [-0.2, -0.15) is 26.3 Å². The van der Waals surface area contributed by atoms with Crippen molar-refractivity contribution in [2.45, 2.75) is 18.9 Å². The second-order valence-electron chi connectivity index (χ2n) is 6.12. The van der Waals surface area contributed by atoms with E-state index in [0.29, 0.717) is 16.0 Å². The third-order valence-corrected chi connectivity index (χ3v) is 5.17. The molecule has 0 radical (unpaired) electrons. The van der Waals surface area contributed by atoms with E-state index in [9.17, 15) is 31.1 Å². The molecule has 2 aromatic carbocycles. The molecule has 1 amide bonds. The highest BCUT2D eigenvalue weighted by Crippen LogP contribution is 2.34. The van der Waals surface area contributed by atoms with Crippen LogP contribution >= 0.6 is 11.3 Å². The molecule has 152 valence electrons. The Kier molecular flexibility index (Phi) is 5.70. The Hall–Kier alpha value is -2.81. The minimum atomic E-state index is -4.46. The molecule has 0 fully saturated rings. The summed E-state index contributed by atoms with van der Waals surface area (Å²) in [6, 6.07) is 12.2. The Morgan fingerprint density at radius 3 is 2.10 bits per heavy atom. The zero-order valence-electron chi connectivity index (χ0n) is 14.6. The number of amides is 1. The average molecular weight is 429 g/mol. The molecule has 1 aromatic heterocycles. The molecular weight excluding hydrogens is 416 g/mol. The lowest BCUT2D eigenvalue weighted by Crippen LogP contribution is -2.21. The average Bonchev–Trinajstić information content (AvgIpc) is 3.15. The van der Waals surface area contributed by atoms with Gasteiger partial charge >= 0.3 is 12.4 Å². The number of hydrogen-bond acceptors (Lipinski definition) is 2. The fourth-order valence-corrected chi connectivity index (χ4v) is 3.46. The molecule has 0 atom stereocenters. The maximum atomic E-state index is 12.8. The minimum absolute atomic E-state index is 0.0216. The number of halogens is 6. The van der Waals surface area contributed by atoms with Gasteiger partial charge in [-0.15, -0.1) is 11.3 Å². The van der Waals surface area contributed by atoms with Gasteiger partial charge in [-0.05, 0) is 47.5 Å². The fraction of sp³-hybridized carbons (Fsp3) is 0.150. The lowest BCUT2D eigenvalue weighted by atomic mass is 10.1. The van der Waals surface area contributed by atoms with Crippen LogP contribution in [0.15, 0.2) is 60.7 Å². The van der Waals surface area contributed by atoms with Crippen LogP contribution in [0.1, 0.15) is 26.4 Å². The molecule has 1 heterocycles. The van der Waals surface area contributed by atoms with Crippen molar-refractivity contribution < 1.29 is 31.1 Å². The highest BCUT2D eigenvalue weighted by molar-refractivity contribution is 7.17. The molecule has 9 heteroatoms. The predicted molar refractivity (Wildman–Crippen MR) is 97.4 cm³/mol. The summed E-state index contributed by atoms with van der Waals surface area (Å²) in [6.45, 7) is 0.0216. The quantitative estimate of drug-likeness (QED) is 0.479. The van der Waals surface area contributed by atoms with Gasteiger partial charge in [0, 0.05) is 11.4 Å². The molecule has 29 heavy (non-hydrogen) atoms. The minimum Gasteiger partial charge on any atom is -0.347 e. The normalized spacial score (nSPS) is 12.1. The number of benzene rings is 2. The molecule has 3 rings (SSSR count). The number of hydrogen-bond donors (Lipinski definition) is 1. The highest BCUT2D eigenvalue weighted by atomic mass is 32.1. The van der Waals surface area contributed by atoms with Crippen LogP contribution in [0, 0.1) is 0 Å².